The van der Waals surface area contributed by atoms with E-state index in [0.717, 1.165) is 25.9 Å². The first-order valence-corrected chi connectivity index (χ1v) is 8.13. The first kappa shape index (κ1) is 15.0. The molecule has 0 saturated heterocycles. The van der Waals surface area contributed by atoms with Crippen molar-refractivity contribution in [1.82, 2.24) is 4.98 Å². The molecule has 3 aromatic rings. The number of hydrogen-bond acceptors (Lipinski definition) is 5. The van der Waals surface area contributed by atoms with Gasteiger partial charge >= 0.3 is 0 Å². The third kappa shape index (κ3) is 2.83. The van der Waals surface area contributed by atoms with E-state index >= 15 is 0 Å². The number of benzene rings is 2. The Morgan fingerprint density at radius 2 is 2.09 bits per heavy atom. The van der Waals surface area contributed by atoms with Crippen LogP contribution >= 0.6 is 27.3 Å². The van der Waals surface area contributed by atoms with Gasteiger partial charge in [-0.25, -0.2) is 10.8 Å². The second kappa shape index (κ2) is 6.04. The zero-order valence-corrected chi connectivity index (χ0v) is 14.1. The predicted octanol–water partition coefficient (Wildman–Crippen LogP) is 3.91. The number of amides is 1. The number of fused-ring (bicyclic) bond motifs is 1. The van der Waals surface area contributed by atoms with E-state index in [0.29, 0.717) is 10.7 Å². The van der Waals surface area contributed by atoms with Crippen LogP contribution in [0.2, 0.25) is 0 Å². The van der Waals surface area contributed by atoms with Crippen molar-refractivity contribution < 1.29 is 4.79 Å². The number of thiazole rings is 1. The summed E-state index contributed by atoms with van der Waals surface area (Å²) in [5, 5.41) is 3.56. The second-order valence-electron chi connectivity index (χ2n) is 4.74. The molecule has 22 heavy (non-hydrogen) atoms. The number of hydrogen-bond donors (Lipinski definition) is 3. The van der Waals surface area contributed by atoms with Gasteiger partial charge in [0.1, 0.15) is 0 Å². The first-order chi connectivity index (χ1) is 10.6. The molecule has 0 unspecified atom stereocenters. The summed E-state index contributed by atoms with van der Waals surface area (Å²) in [6, 6.07) is 11.1. The standard InChI is InChI=1S/C15H13BrN4OS/c1-8-6-9(7-12-13(8)19-15(20-17)22-12)18-14(21)10-4-2-3-5-11(10)16/h2-7H,17H2,1H3,(H,18,21)(H,19,20). The van der Waals surface area contributed by atoms with Crippen LogP contribution in [0, 0.1) is 6.92 Å². The van der Waals surface area contributed by atoms with Crippen molar-refractivity contribution in [2.24, 2.45) is 5.84 Å². The molecule has 4 N–H and O–H groups in total. The predicted molar refractivity (Wildman–Crippen MR) is 94.3 cm³/mol. The van der Waals surface area contributed by atoms with Crippen molar-refractivity contribution >= 4 is 54.2 Å². The van der Waals surface area contributed by atoms with E-state index in [4.69, 9.17) is 5.84 Å². The van der Waals surface area contributed by atoms with E-state index in [-0.39, 0.29) is 5.91 Å². The SMILES string of the molecule is Cc1cc(NC(=O)c2ccccc2Br)cc2sc(NN)nc12. The van der Waals surface area contributed by atoms with Crippen LogP contribution in [-0.4, -0.2) is 10.9 Å². The van der Waals surface area contributed by atoms with Gasteiger partial charge in [0.05, 0.1) is 15.8 Å². The number of nitrogen functional groups attached to an aromatic ring is 1. The van der Waals surface area contributed by atoms with Gasteiger partial charge in [0, 0.05) is 10.2 Å². The highest BCUT2D eigenvalue weighted by atomic mass is 79.9. The summed E-state index contributed by atoms with van der Waals surface area (Å²) in [6.45, 7) is 1.95. The maximum Gasteiger partial charge on any atom is 0.256 e. The summed E-state index contributed by atoms with van der Waals surface area (Å²) in [5.74, 6) is 5.24. The number of carbonyl (C=O) groups excluding carboxylic acids is 1. The van der Waals surface area contributed by atoms with Gasteiger partial charge in [-0.05, 0) is 52.7 Å². The highest BCUT2D eigenvalue weighted by Crippen LogP contribution is 2.31. The Kier molecular flexibility index (Phi) is 4.10. The van der Waals surface area contributed by atoms with Gasteiger partial charge in [0.25, 0.3) is 5.91 Å². The zero-order chi connectivity index (χ0) is 15.7. The van der Waals surface area contributed by atoms with Gasteiger partial charge in [-0.3, -0.25) is 10.2 Å². The van der Waals surface area contributed by atoms with Gasteiger partial charge in [0.2, 0.25) is 0 Å². The van der Waals surface area contributed by atoms with Gasteiger partial charge in [-0.15, -0.1) is 0 Å². The Labute approximate surface area is 139 Å². The van der Waals surface area contributed by atoms with Crippen LogP contribution < -0.4 is 16.6 Å². The summed E-state index contributed by atoms with van der Waals surface area (Å²) in [5.41, 5.74) is 5.75. The zero-order valence-electron chi connectivity index (χ0n) is 11.7. The quantitative estimate of drug-likeness (QED) is 0.478. The molecule has 0 aliphatic rings. The normalized spacial score (nSPS) is 10.7. The lowest BCUT2D eigenvalue weighted by molar-refractivity contribution is 0.102. The smallest absolute Gasteiger partial charge is 0.256 e. The molecular weight excluding hydrogens is 364 g/mol. The summed E-state index contributed by atoms with van der Waals surface area (Å²) in [4.78, 5) is 16.7. The second-order valence-corrected chi connectivity index (χ2v) is 6.62. The number of aromatic nitrogens is 1. The number of halogens is 1. The van der Waals surface area contributed by atoms with Crippen molar-refractivity contribution in [2.45, 2.75) is 6.92 Å². The number of nitrogens with one attached hydrogen (secondary N) is 2. The number of hydrazine groups is 1. The molecule has 0 aliphatic carbocycles. The minimum atomic E-state index is -0.159. The average molecular weight is 377 g/mol. The lowest BCUT2D eigenvalue weighted by atomic mass is 10.1. The number of anilines is 2. The summed E-state index contributed by atoms with van der Waals surface area (Å²) >= 11 is 4.83. The van der Waals surface area contributed by atoms with Gasteiger partial charge in [-0.1, -0.05) is 23.5 Å². The molecule has 5 nitrogen and oxygen atoms in total. The van der Waals surface area contributed by atoms with E-state index in [2.05, 4.69) is 31.7 Å². The molecule has 7 heteroatoms. The Bertz CT molecular complexity index is 862. The van der Waals surface area contributed by atoms with Crippen LogP contribution in [0.3, 0.4) is 0 Å². The van der Waals surface area contributed by atoms with E-state index in [1.165, 1.54) is 11.3 Å². The van der Waals surface area contributed by atoms with Crippen LogP contribution in [0.4, 0.5) is 10.8 Å². The van der Waals surface area contributed by atoms with Crippen molar-refractivity contribution in [3.05, 3.63) is 52.0 Å². The molecule has 1 aromatic heterocycles. The fourth-order valence-corrected chi connectivity index (χ4v) is 3.53. The molecule has 0 bridgehead atoms. The maximum absolute atomic E-state index is 12.4. The molecule has 0 aliphatic heterocycles. The van der Waals surface area contributed by atoms with Crippen LogP contribution in [0.5, 0.6) is 0 Å². The highest BCUT2D eigenvalue weighted by Gasteiger charge is 2.12. The van der Waals surface area contributed by atoms with Crippen molar-refractivity contribution in [3.63, 3.8) is 0 Å². The maximum atomic E-state index is 12.4. The molecule has 0 atom stereocenters. The van der Waals surface area contributed by atoms with Crippen molar-refractivity contribution in [2.75, 3.05) is 10.7 Å². The molecule has 1 amide bonds. The first-order valence-electron chi connectivity index (χ1n) is 6.52. The third-order valence-electron chi connectivity index (χ3n) is 3.19. The number of rotatable bonds is 3. The summed E-state index contributed by atoms with van der Waals surface area (Å²) < 4.78 is 1.73. The molecule has 112 valence electrons. The van der Waals surface area contributed by atoms with E-state index in [9.17, 15) is 4.79 Å². The lowest BCUT2D eigenvalue weighted by Crippen LogP contribution is -2.12. The Balaban J connectivity index is 1.94. The Morgan fingerprint density at radius 1 is 1.32 bits per heavy atom. The van der Waals surface area contributed by atoms with Crippen LogP contribution in [0.25, 0.3) is 10.2 Å². The fraction of sp³-hybridized carbons (Fsp3) is 0.0667. The Hall–Kier alpha value is -1.96. The largest absolute Gasteiger partial charge is 0.322 e. The van der Waals surface area contributed by atoms with Gasteiger partial charge in [-0.2, -0.15) is 0 Å². The van der Waals surface area contributed by atoms with E-state index < -0.39 is 0 Å². The molecule has 0 spiro atoms. The number of nitrogens with zero attached hydrogens (tertiary/aromatic N) is 1. The van der Waals surface area contributed by atoms with Crippen molar-refractivity contribution in [1.29, 1.82) is 0 Å². The minimum Gasteiger partial charge on any atom is -0.322 e. The van der Waals surface area contributed by atoms with E-state index in [1.54, 1.807) is 6.07 Å². The number of aryl methyl sites for hydroxylation is 1. The molecule has 0 radical (unpaired) electrons. The highest BCUT2D eigenvalue weighted by molar-refractivity contribution is 9.10. The molecule has 0 fully saturated rings. The molecule has 0 saturated carbocycles. The lowest BCUT2D eigenvalue weighted by Gasteiger charge is -2.08. The van der Waals surface area contributed by atoms with Crippen LogP contribution in [-0.2, 0) is 0 Å². The molecule has 1 heterocycles. The van der Waals surface area contributed by atoms with Crippen molar-refractivity contribution in [3.8, 4) is 0 Å². The molecular formula is C15H13BrN4OS. The van der Waals surface area contributed by atoms with Crippen LogP contribution in [0.15, 0.2) is 40.9 Å². The number of nitrogens with two attached hydrogens (primary N) is 1. The Morgan fingerprint density at radius 3 is 2.82 bits per heavy atom. The summed E-state index contributed by atoms with van der Waals surface area (Å²) in [6.07, 6.45) is 0. The molecule has 3 rings (SSSR count). The van der Waals surface area contributed by atoms with Crippen LogP contribution in [0.1, 0.15) is 15.9 Å². The van der Waals surface area contributed by atoms with E-state index in [1.807, 2.05) is 37.3 Å². The number of carbonyl (C=O) groups is 1. The monoisotopic (exact) mass is 376 g/mol. The fourth-order valence-electron chi connectivity index (χ4n) is 2.17. The topological polar surface area (TPSA) is 80.0 Å². The minimum absolute atomic E-state index is 0.159. The molecule has 2 aromatic carbocycles. The van der Waals surface area contributed by atoms with Gasteiger partial charge in [0.15, 0.2) is 5.13 Å². The average Bonchev–Trinajstić information content (AvgIpc) is 2.91. The van der Waals surface area contributed by atoms with Gasteiger partial charge < -0.3 is 5.32 Å². The summed E-state index contributed by atoms with van der Waals surface area (Å²) in [7, 11) is 0. The third-order valence-corrected chi connectivity index (χ3v) is 4.81.